The summed E-state index contributed by atoms with van der Waals surface area (Å²) < 4.78 is 6.29. The molecule has 0 aliphatic rings. The lowest BCUT2D eigenvalue weighted by Crippen LogP contribution is -2.01. The van der Waals surface area contributed by atoms with Gasteiger partial charge in [0.2, 0.25) is 0 Å². The first-order chi connectivity index (χ1) is 19.3. The van der Waals surface area contributed by atoms with Gasteiger partial charge in [-0.2, -0.15) is 0 Å². The molecule has 0 saturated carbocycles. The van der Waals surface area contributed by atoms with E-state index >= 15 is 0 Å². The molecule has 0 fully saturated rings. The van der Waals surface area contributed by atoms with E-state index in [4.69, 9.17) is 24.4 Å². The molecule has 0 bridgehead atoms. The van der Waals surface area contributed by atoms with Crippen LogP contribution in [-0.2, 0) is 0 Å². The largest absolute Gasteiger partial charge is 0.456 e. The second-order valence-electron chi connectivity index (χ2n) is 9.56. The summed E-state index contributed by atoms with van der Waals surface area (Å²) in [4.78, 5) is 19.6. The van der Waals surface area contributed by atoms with Gasteiger partial charge in [0.1, 0.15) is 16.9 Å². The highest BCUT2D eigenvalue weighted by atomic mass is 16.3. The zero-order valence-corrected chi connectivity index (χ0v) is 20.7. The van der Waals surface area contributed by atoms with Gasteiger partial charge in [-0.25, -0.2) is 15.0 Å². The van der Waals surface area contributed by atoms with Crippen LogP contribution in [0.25, 0.3) is 77.8 Å². The van der Waals surface area contributed by atoms with E-state index in [0.29, 0.717) is 23.2 Å². The maximum absolute atomic E-state index is 6.29. The van der Waals surface area contributed by atoms with Crippen molar-refractivity contribution in [3.8, 4) is 34.3 Å². The summed E-state index contributed by atoms with van der Waals surface area (Å²) in [6.07, 6.45) is 1.75. The van der Waals surface area contributed by atoms with Crippen molar-refractivity contribution < 1.29 is 4.42 Å². The van der Waals surface area contributed by atoms with Crippen LogP contribution in [0.3, 0.4) is 0 Å². The third-order valence-corrected chi connectivity index (χ3v) is 7.14. The molecule has 8 rings (SSSR count). The van der Waals surface area contributed by atoms with Gasteiger partial charge in [0.25, 0.3) is 0 Å². The van der Waals surface area contributed by atoms with E-state index in [1.807, 2.05) is 60.7 Å². The summed E-state index contributed by atoms with van der Waals surface area (Å²) in [5, 5.41) is 6.45. The first-order valence-corrected chi connectivity index (χ1v) is 12.8. The Bertz CT molecular complexity index is 2180. The third-order valence-electron chi connectivity index (χ3n) is 7.14. The lowest BCUT2D eigenvalue weighted by molar-refractivity contribution is 0.669. The summed E-state index contributed by atoms with van der Waals surface area (Å²) >= 11 is 0. The minimum absolute atomic E-state index is 0.508. The predicted octanol–water partition coefficient (Wildman–Crippen LogP) is 8.47. The normalized spacial score (nSPS) is 11.6. The number of benzene rings is 5. The van der Waals surface area contributed by atoms with E-state index in [2.05, 4.69) is 54.6 Å². The van der Waals surface area contributed by atoms with Crippen molar-refractivity contribution in [3.05, 3.63) is 121 Å². The zero-order chi connectivity index (χ0) is 25.8. The molecule has 0 N–H and O–H groups in total. The number of furan rings is 1. The minimum Gasteiger partial charge on any atom is -0.456 e. The summed E-state index contributed by atoms with van der Waals surface area (Å²) in [6, 6.07) is 39.0. The number of aromatic nitrogens is 4. The Morgan fingerprint density at radius 1 is 0.462 bits per heavy atom. The molecular weight excluding hydrogens is 480 g/mol. The average Bonchev–Trinajstić information content (AvgIpc) is 3.37. The zero-order valence-electron chi connectivity index (χ0n) is 20.7. The van der Waals surface area contributed by atoms with Crippen molar-refractivity contribution in [2.45, 2.75) is 0 Å². The maximum atomic E-state index is 6.29. The van der Waals surface area contributed by atoms with Crippen molar-refractivity contribution in [1.82, 2.24) is 19.9 Å². The van der Waals surface area contributed by atoms with Crippen LogP contribution in [0.5, 0.6) is 0 Å². The Balaban J connectivity index is 1.41. The quantitative estimate of drug-likeness (QED) is 0.243. The first-order valence-electron chi connectivity index (χ1n) is 12.8. The lowest BCUT2D eigenvalue weighted by Gasteiger charge is -2.09. The number of rotatable bonds is 3. The van der Waals surface area contributed by atoms with E-state index in [0.717, 1.165) is 49.2 Å². The summed E-state index contributed by atoms with van der Waals surface area (Å²) in [6.45, 7) is 0. The molecule has 39 heavy (non-hydrogen) atoms. The highest BCUT2D eigenvalue weighted by Crippen LogP contribution is 2.37. The predicted molar refractivity (Wildman–Crippen MR) is 156 cm³/mol. The average molecular weight is 501 g/mol. The van der Waals surface area contributed by atoms with Crippen LogP contribution < -0.4 is 0 Å². The van der Waals surface area contributed by atoms with Crippen LogP contribution in [0.4, 0.5) is 0 Å². The van der Waals surface area contributed by atoms with E-state index in [-0.39, 0.29) is 0 Å². The van der Waals surface area contributed by atoms with Crippen LogP contribution in [0.15, 0.2) is 126 Å². The van der Waals surface area contributed by atoms with Gasteiger partial charge in [-0.15, -0.1) is 0 Å². The Morgan fingerprint density at radius 3 is 1.90 bits per heavy atom. The van der Waals surface area contributed by atoms with Crippen LogP contribution in [0.1, 0.15) is 0 Å². The molecule has 0 saturated heterocycles. The maximum Gasteiger partial charge on any atom is 0.183 e. The van der Waals surface area contributed by atoms with Crippen molar-refractivity contribution in [3.63, 3.8) is 0 Å². The van der Waals surface area contributed by atoms with Gasteiger partial charge < -0.3 is 4.42 Å². The first kappa shape index (κ1) is 21.6. The SMILES string of the molecule is c1ccc(-c2nc(-c3ccc4ccccc4c3)nc(-c3nccc4oc5cc6ccccc6cc5c34)n2)cc1. The van der Waals surface area contributed by atoms with Crippen LogP contribution in [0, 0.1) is 0 Å². The van der Waals surface area contributed by atoms with Gasteiger partial charge in [-0.3, -0.25) is 4.98 Å². The third kappa shape index (κ3) is 3.63. The van der Waals surface area contributed by atoms with Crippen LogP contribution >= 0.6 is 0 Å². The van der Waals surface area contributed by atoms with Crippen molar-refractivity contribution in [2.24, 2.45) is 0 Å². The Labute approximate surface area is 223 Å². The molecule has 0 aliphatic heterocycles. The van der Waals surface area contributed by atoms with Gasteiger partial charge >= 0.3 is 0 Å². The highest BCUT2D eigenvalue weighted by molar-refractivity contribution is 6.14. The number of pyridine rings is 1. The molecule has 5 aromatic carbocycles. The molecule has 182 valence electrons. The van der Waals surface area contributed by atoms with E-state index in [1.165, 1.54) is 5.39 Å². The molecular formula is C34H20N4O. The van der Waals surface area contributed by atoms with Crippen molar-refractivity contribution >= 4 is 43.5 Å². The van der Waals surface area contributed by atoms with E-state index in [9.17, 15) is 0 Å². The number of nitrogens with zero attached hydrogens (tertiary/aromatic N) is 4. The molecule has 0 spiro atoms. The van der Waals surface area contributed by atoms with Gasteiger partial charge in [-0.05, 0) is 45.8 Å². The molecule has 0 atom stereocenters. The van der Waals surface area contributed by atoms with E-state index in [1.54, 1.807) is 6.20 Å². The monoisotopic (exact) mass is 500 g/mol. The van der Waals surface area contributed by atoms with E-state index < -0.39 is 0 Å². The fourth-order valence-electron chi connectivity index (χ4n) is 5.23. The fraction of sp³-hybridized carbons (Fsp3) is 0. The molecule has 0 aliphatic carbocycles. The molecule has 0 radical (unpaired) electrons. The van der Waals surface area contributed by atoms with Crippen molar-refractivity contribution in [2.75, 3.05) is 0 Å². The smallest absolute Gasteiger partial charge is 0.183 e. The standard InChI is InChI=1S/C34H20N4O/c1-2-9-22(10-3-1)32-36-33(26-15-14-21-8-4-5-11-23(21)18-26)38-34(37-32)31-30-27-19-24-12-6-7-13-25(24)20-29(27)39-28(30)16-17-35-31/h1-20H. The van der Waals surface area contributed by atoms with Gasteiger partial charge in [-0.1, -0.05) is 91.0 Å². The molecule has 0 unspecified atom stereocenters. The number of fused-ring (bicyclic) bond motifs is 5. The Hall–Kier alpha value is -5.42. The topological polar surface area (TPSA) is 64.7 Å². The van der Waals surface area contributed by atoms with Crippen LogP contribution in [0.2, 0.25) is 0 Å². The second kappa shape index (κ2) is 8.57. The van der Waals surface area contributed by atoms with Crippen LogP contribution in [-0.4, -0.2) is 19.9 Å². The summed E-state index contributed by atoms with van der Waals surface area (Å²) in [7, 11) is 0. The second-order valence-corrected chi connectivity index (χ2v) is 9.56. The molecule has 5 heteroatoms. The lowest BCUT2D eigenvalue weighted by atomic mass is 10.0. The highest BCUT2D eigenvalue weighted by Gasteiger charge is 2.19. The summed E-state index contributed by atoms with van der Waals surface area (Å²) in [5.41, 5.74) is 4.07. The number of hydrogen-bond donors (Lipinski definition) is 0. The van der Waals surface area contributed by atoms with Gasteiger partial charge in [0.15, 0.2) is 17.5 Å². The number of hydrogen-bond acceptors (Lipinski definition) is 5. The molecule has 0 amide bonds. The molecule has 5 nitrogen and oxygen atoms in total. The molecule has 3 heterocycles. The Morgan fingerprint density at radius 2 is 1.10 bits per heavy atom. The fourth-order valence-corrected chi connectivity index (χ4v) is 5.23. The van der Waals surface area contributed by atoms with Gasteiger partial charge in [0, 0.05) is 22.7 Å². The van der Waals surface area contributed by atoms with Crippen molar-refractivity contribution in [1.29, 1.82) is 0 Å². The summed E-state index contributed by atoms with van der Waals surface area (Å²) in [5.74, 6) is 1.70. The molecule has 8 aromatic rings. The van der Waals surface area contributed by atoms with Gasteiger partial charge in [0.05, 0.1) is 5.39 Å². The Kier molecular flexibility index (Phi) is 4.76. The minimum atomic E-state index is 0.508. The molecule has 3 aromatic heterocycles.